The molecule has 20 heavy (non-hydrogen) atoms. The molecule has 2 nitrogen and oxygen atoms in total. The topological polar surface area (TPSA) is 15.3 Å². The van der Waals surface area contributed by atoms with E-state index in [2.05, 4.69) is 44.8 Å². The van der Waals surface area contributed by atoms with E-state index in [-0.39, 0.29) is 0 Å². The fourth-order valence-corrected chi connectivity index (χ4v) is 3.57. The van der Waals surface area contributed by atoms with Gasteiger partial charge in [0.15, 0.2) is 0 Å². The van der Waals surface area contributed by atoms with Gasteiger partial charge in [-0.2, -0.15) is 0 Å². The van der Waals surface area contributed by atoms with Crippen molar-refractivity contribution in [1.82, 2.24) is 10.2 Å². The molecule has 0 radical (unpaired) electrons. The average molecular weight is 283 g/mol. The highest BCUT2D eigenvalue weighted by Gasteiger charge is 2.32. The van der Waals surface area contributed by atoms with E-state index in [1.807, 2.05) is 0 Å². The van der Waals surface area contributed by atoms with Gasteiger partial charge in [-0.3, -0.25) is 4.90 Å². The number of hydrogen-bond donors (Lipinski definition) is 1. The summed E-state index contributed by atoms with van der Waals surface area (Å²) in [5, 5.41) is 3.72. The van der Waals surface area contributed by atoms with Gasteiger partial charge in [0.2, 0.25) is 0 Å². The first-order valence-corrected chi connectivity index (χ1v) is 9.01. The summed E-state index contributed by atoms with van der Waals surface area (Å²) in [6, 6.07) is 0.839. The lowest BCUT2D eigenvalue weighted by Crippen LogP contribution is -2.49. The second-order valence-corrected chi connectivity index (χ2v) is 7.26. The first kappa shape index (κ1) is 18.0. The van der Waals surface area contributed by atoms with Crippen molar-refractivity contribution >= 4 is 0 Å². The Bertz CT molecular complexity index is 246. The molecule has 1 atom stereocenters. The molecule has 1 aliphatic heterocycles. The Labute approximate surface area is 127 Å². The summed E-state index contributed by atoms with van der Waals surface area (Å²) in [7, 11) is 0. The molecular weight excluding hydrogens is 244 g/mol. The van der Waals surface area contributed by atoms with Gasteiger partial charge in [-0.05, 0) is 56.5 Å². The average Bonchev–Trinajstić information content (AvgIpc) is 2.46. The second-order valence-electron chi connectivity index (χ2n) is 7.26. The van der Waals surface area contributed by atoms with E-state index in [1.165, 1.54) is 58.2 Å². The predicted octanol–water partition coefficient (Wildman–Crippen LogP) is 4.30. The highest BCUT2D eigenvalue weighted by atomic mass is 15.2. The van der Waals surface area contributed by atoms with Gasteiger partial charge < -0.3 is 5.32 Å². The zero-order chi connectivity index (χ0) is 15.0. The Morgan fingerprint density at radius 1 is 1.15 bits per heavy atom. The first-order chi connectivity index (χ1) is 9.56. The summed E-state index contributed by atoms with van der Waals surface area (Å²) in [6.07, 6.45) is 8.16. The molecule has 0 bridgehead atoms. The van der Waals surface area contributed by atoms with E-state index in [0.717, 1.165) is 18.5 Å². The third kappa shape index (κ3) is 5.37. The van der Waals surface area contributed by atoms with Crippen LogP contribution < -0.4 is 5.32 Å². The van der Waals surface area contributed by atoms with Crippen molar-refractivity contribution in [1.29, 1.82) is 0 Å². The molecule has 0 aromatic carbocycles. The lowest BCUT2D eigenvalue weighted by Gasteiger charge is -2.43. The minimum Gasteiger partial charge on any atom is -0.316 e. The van der Waals surface area contributed by atoms with E-state index >= 15 is 0 Å². The number of nitrogens with one attached hydrogen (secondary N) is 1. The Morgan fingerprint density at radius 3 is 2.40 bits per heavy atom. The Morgan fingerprint density at radius 2 is 1.85 bits per heavy atom. The Kier molecular flexibility index (Phi) is 8.13. The van der Waals surface area contributed by atoms with Crippen LogP contribution >= 0.6 is 0 Å². The molecule has 1 aliphatic rings. The van der Waals surface area contributed by atoms with Crippen LogP contribution in [0.25, 0.3) is 0 Å². The minimum atomic E-state index is 0.472. The van der Waals surface area contributed by atoms with E-state index in [0.29, 0.717) is 5.41 Å². The lowest BCUT2D eigenvalue weighted by molar-refractivity contribution is 0.0707. The maximum absolute atomic E-state index is 3.72. The van der Waals surface area contributed by atoms with Crippen LogP contribution in [0.15, 0.2) is 0 Å². The van der Waals surface area contributed by atoms with Crippen molar-refractivity contribution < 1.29 is 0 Å². The first-order valence-electron chi connectivity index (χ1n) is 9.01. The van der Waals surface area contributed by atoms with Crippen LogP contribution in [0.2, 0.25) is 0 Å². The van der Waals surface area contributed by atoms with Gasteiger partial charge in [0, 0.05) is 19.1 Å². The molecular formula is C18H38N2. The van der Waals surface area contributed by atoms with Crippen molar-refractivity contribution in [3.05, 3.63) is 0 Å². The highest BCUT2D eigenvalue weighted by molar-refractivity contribution is 4.87. The fourth-order valence-electron chi connectivity index (χ4n) is 3.57. The molecule has 2 heteroatoms. The zero-order valence-corrected chi connectivity index (χ0v) is 14.7. The molecule has 0 spiro atoms. The van der Waals surface area contributed by atoms with Crippen LogP contribution in [0.4, 0.5) is 0 Å². The lowest BCUT2D eigenvalue weighted by atomic mass is 9.80. The SMILES string of the molecule is CCC1CCCCN1CC(CC)(CC)CNCC(C)C. The largest absolute Gasteiger partial charge is 0.316 e. The Hall–Kier alpha value is -0.0800. The molecule has 1 fully saturated rings. The summed E-state index contributed by atoms with van der Waals surface area (Å²) < 4.78 is 0. The molecule has 0 aliphatic carbocycles. The third-order valence-electron chi connectivity index (χ3n) is 5.31. The maximum Gasteiger partial charge on any atom is 0.00928 e. The number of nitrogens with zero attached hydrogens (tertiary/aromatic N) is 1. The minimum absolute atomic E-state index is 0.472. The molecule has 1 unspecified atom stereocenters. The van der Waals surface area contributed by atoms with Crippen LogP contribution in [-0.4, -0.2) is 37.1 Å². The number of hydrogen-bond acceptors (Lipinski definition) is 2. The molecule has 0 aromatic rings. The molecule has 0 saturated carbocycles. The van der Waals surface area contributed by atoms with Crippen molar-refractivity contribution in [3.63, 3.8) is 0 Å². The van der Waals surface area contributed by atoms with Crippen LogP contribution in [0, 0.1) is 11.3 Å². The third-order valence-corrected chi connectivity index (χ3v) is 5.31. The zero-order valence-electron chi connectivity index (χ0n) is 14.7. The molecule has 1 heterocycles. The van der Waals surface area contributed by atoms with Crippen LogP contribution in [0.1, 0.15) is 73.1 Å². The number of rotatable bonds is 9. The molecule has 1 saturated heterocycles. The van der Waals surface area contributed by atoms with Crippen LogP contribution in [0.5, 0.6) is 0 Å². The van der Waals surface area contributed by atoms with Gasteiger partial charge in [0.05, 0.1) is 0 Å². The van der Waals surface area contributed by atoms with Crippen molar-refractivity contribution in [2.75, 3.05) is 26.2 Å². The molecule has 0 amide bonds. The van der Waals surface area contributed by atoms with Crippen LogP contribution in [-0.2, 0) is 0 Å². The number of likely N-dealkylation sites (tertiary alicyclic amines) is 1. The molecule has 1 rings (SSSR count). The van der Waals surface area contributed by atoms with Gasteiger partial charge in [-0.1, -0.05) is 41.0 Å². The van der Waals surface area contributed by atoms with Gasteiger partial charge in [-0.25, -0.2) is 0 Å². The van der Waals surface area contributed by atoms with E-state index < -0.39 is 0 Å². The normalized spacial score (nSPS) is 21.6. The summed E-state index contributed by atoms with van der Waals surface area (Å²) in [5.74, 6) is 0.750. The van der Waals surface area contributed by atoms with Crippen LogP contribution in [0.3, 0.4) is 0 Å². The maximum atomic E-state index is 3.72. The van der Waals surface area contributed by atoms with Gasteiger partial charge >= 0.3 is 0 Å². The molecule has 0 aromatic heterocycles. The van der Waals surface area contributed by atoms with E-state index in [1.54, 1.807) is 0 Å². The second kappa shape index (κ2) is 9.04. The van der Waals surface area contributed by atoms with Crippen molar-refractivity contribution in [3.8, 4) is 0 Å². The molecule has 120 valence electrons. The highest BCUT2D eigenvalue weighted by Crippen LogP contribution is 2.30. The number of piperidine rings is 1. The standard InChI is InChI=1S/C18H38N2/c1-6-17-11-9-10-12-20(17)15-18(7-2,8-3)14-19-13-16(4)5/h16-17,19H,6-15H2,1-5H3. The van der Waals surface area contributed by atoms with Crippen molar-refractivity contribution in [2.24, 2.45) is 11.3 Å². The smallest absolute Gasteiger partial charge is 0.00928 e. The van der Waals surface area contributed by atoms with E-state index in [4.69, 9.17) is 0 Å². The van der Waals surface area contributed by atoms with E-state index in [9.17, 15) is 0 Å². The fraction of sp³-hybridized carbons (Fsp3) is 1.00. The quantitative estimate of drug-likeness (QED) is 0.678. The van der Waals surface area contributed by atoms with Crippen molar-refractivity contribution in [2.45, 2.75) is 79.2 Å². The van der Waals surface area contributed by atoms with Gasteiger partial charge in [-0.15, -0.1) is 0 Å². The monoisotopic (exact) mass is 282 g/mol. The summed E-state index contributed by atoms with van der Waals surface area (Å²) in [5.41, 5.74) is 0.472. The molecule has 1 N–H and O–H groups in total. The summed E-state index contributed by atoms with van der Waals surface area (Å²) >= 11 is 0. The van der Waals surface area contributed by atoms with Gasteiger partial charge in [0.25, 0.3) is 0 Å². The van der Waals surface area contributed by atoms with Gasteiger partial charge in [0.1, 0.15) is 0 Å². The summed E-state index contributed by atoms with van der Waals surface area (Å²) in [4.78, 5) is 2.80. The predicted molar refractivity (Wildman–Crippen MR) is 90.2 cm³/mol. The summed E-state index contributed by atoms with van der Waals surface area (Å²) in [6.45, 7) is 16.7. The Balaban J connectivity index is 2.59.